The Morgan fingerprint density at radius 2 is 2.08 bits per heavy atom. The highest BCUT2D eigenvalue weighted by Crippen LogP contribution is 2.23. The van der Waals surface area contributed by atoms with E-state index in [1.807, 2.05) is 0 Å². The van der Waals surface area contributed by atoms with Crippen molar-refractivity contribution in [2.75, 3.05) is 5.32 Å². The Bertz CT molecular complexity index is 965. The van der Waals surface area contributed by atoms with E-state index < -0.39 is 11.9 Å². The minimum Gasteiger partial charge on any atom is -0.476 e. The van der Waals surface area contributed by atoms with Gasteiger partial charge in [0, 0.05) is 13.2 Å². The number of benzene rings is 1. The van der Waals surface area contributed by atoms with Crippen molar-refractivity contribution in [3.05, 3.63) is 59.1 Å². The monoisotopic (exact) mass is 375 g/mol. The Balaban J connectivity index is 1.67. The number of nitrogens with one attached hydrogen (secondary N) is 1. The van der Waals surface area contributed by atoms with Crippen LogP contribution in [0.1, 0.15) is 21.0 Å². The summed E-state index contributed by atoms with van der Waals surface area (Å²) in [5, 5.41) is 20.0. The van der Waals surface area contributed by atoms with Gasteiger partial charge >= 0.3 is 5.97 Å². The minimum atomic E-state index is -1.20. The van der Waals surface area contributed by atoms with Crippen LogP contribution in [0, 0.1) is 0 Å². The first-order valence-corrected chi connectivity index (χ1v) is 7.81. The summed E-state index contributed by atoms with van der Waals surface area (Å²) in [6.07, 6.45) is 2.83. The van der Waals surface area contributed by atoms with Gasteiger partial charge in [0.1, 0.15) is 5.75 Å². The smallest absolute Gasteiger partial charge is 0.356 e. The Labute approximate surface area is 152 Å². The van der Waals surface area contributed by atoms with Crippen molar-refractivity contribution in [2.24, 2.45) is 7.05 Å². The molecule has 0 unspecified atom stereocenters. The lowest BCUT2D eigenvalue weighted by Crippen LogP contribution is -2.16. The second-order valence-corrected chi connectivity index (χ2v) is 5.64. The highest BCUT2D eigenvalue weighted by Gasteiger charge is 2.19. The molecule has 0 saturated carbocycles. The molecule has 9 nitrogen and oxygen atoms in total. The number of nitrogens with zero attached hydrogens (tertiary/aromatic N) is 4. The predicted molar refractivity (Wildman–Crippen MR) is 92.4 cm³/mol. The number of carbonyl (C=O) groups is 2. The number of anilines is 1. The summed E-state index contributed by atoms with van der Waals surface area (Å²) in [5.74, 6) is -1.26. The Morgan fingerprint density at radius 1 is 1.31 bits per heavy atom. The van der Waals surface area contributed by atoms with E-state index in [1.54, 1.807) is 30.5 Å². The highest BCUT2D eigenvalue weighted by atomic mass is 35.5. The number of ether oxygens (including phenoxy) is 1. The molecule has 0 fully saturated rings. The number of carboxylic acids is 1. The van der Waals surface area contributed by atoms with Crippen LogP contribution in [0.4, 0.5) is 5.69 Å². The van der Waals surface area contributed by atoms with Gasteiger partial charge in [0.05, 0.1) is 16.9 Å². The first-order chi connectivity index (χ1) is 12.5. The number of aryl methyl sites for hydroxylation is 1. The third-order valence-corrected chi connectivity index (χ3v) is 3.76. The van der Waals surface area contributed by atoms with Gasteiger partial charge in [0.2, 0.25) is 0 Å². The molecule has 0 atom stereocenters. The molecule has 134 valence electrons. The molecule has 0 aliphatic carbocycles. The number of amides is 1. The largest absolute Gasteiger partial charge is 0.476 e. The van der Waals surface area contributed by atoms with E-state index in [0.29, 0.717) is 10.8 Å². The van der Waals surface area contributed by atoms with Crippen LogP contribution in [-0.2, 0) is 13.8 Å². The van der Waals surface area contributed by atoms with Crippen LogP contribution in [0.5, 0.6) is 5.75 Å². The first-order valence-electron chi connectivity index (χ1n) is 7.43. The number of aromatic carboxylic acids is 1. The number of hydrogen-bond acceptors (Lipinski definition) is 5. The minimum absolute atomic E-state index is 0.0598. The number of para-hydroxylation sites is 1. The normalized spacial score (nSPS) is 10.5. The fourth-order valence-electron chi connectivity index (χ4n) is 2.22. The van der Waals surface area contributed by atoms with Gasteiger partial charge in [-0.1, -0.05) is 23.7 Å². The summed E-state index contributed by atoms with van der Waals surface area (Å²) in [6, 6.07) is 8.48. The van der Waals surface area contributed by atoms with E-state index in [9.17, 15) is 9.59 Å². The van der Waals surface area contributed by atoms with Gasteiger partial charge in [0.15, 0.2) is 18.1 Å². The van der Waals surface area contributed by atoms with Gasteiger partial charge in [-0.2, -0.15) is 10.2 Å². The van der Waals surface area contributed by atoms with Crippen LogP contribution < -0.4 is 10.1 Å². The SMILES string of the molecule is Cn1ncc(NC(=O)c2ccn(COc3ccccc3Cl)n2)c1C(=O)O. The van der Waals surface area contributed by atoms with Crippen molar-refractivity contribution in [1.29, 1.82) is 0 Å². The molecular formula is C16H14ClN5O4. The van der Waals surface area contributed by atoms with E-state index in [1.165, 1.54) is 24.0 Å². The molecule has 3 aromatic rings. The molecule has 0 spiro atoms. The molecule has 3 rings (SSSR count). The van der Waals surface area contributed by atoms with Crippen LogP contribution in [-0.4, -0.2) is 36.5 Å². The van der Waals surface area contributed by atoms with E-state index in [4.69, 9.17) is 21.4 Å². The third kappa shape index (κ3) is 3.67. The molecular weight excluding hydrogens is 362 g/mol. The van der Waals surface area contributed by atoms with E-state index >= 15 is 0 Å². The van der Waals surface area contributed by atoms with Crippen molar-refractivity contribution in [1.82, 2.24) is 19.6 Å². The van der Waals surface area contributed by atoms with Crippen LogP contribution in [0.3, 0.4) is 0 Å². The molecule has 26 heavy (non-hydrogen) atoms. The maximum atomic E-state index is 12.3. The number of aromatic nitrogens is 4. The van der Waals surface area contributed by atoms with Gasteiger partial charge in [-0.05, 0) is 18.2 Å². The third-order valence-electron chi connectivity index (χ3n) is 3.45. The van der Waals surface area contributed by atoms with Gasteiger partial charge in [-0.3, -0.25) is 9.48 Å². The Hall–Kier alpha value is -3.33. The first kappa shape index (κ1) is 17.5. The highest BCUT2D eigenvalue weighted by molar-refractivity contribution is 6.32. The summed E-state index contributed by atoms with van der Waals surface area (Å²) in [7, 11) is 1.47. The maximum absolute atomic E-state index is 12.3. The van der Waals surface area contributed by atoms with E-state index in [0.717, 1.165) is 4.68 Å². The summed E-state index contributed by atoms with van der Waals surface area (Å²) in [5.41, 5.74) is 0.0691. The van der Waals surface area contributed by atoms with Crippen molar-refractivity contribution < 1.29 is 19.4 Å². The number of carbonyl (C=O) groups excluding carboxylic acids is 1. The van der Waals surface area contributed by atoms with Crippen LogP contribution in [0.15, 0.2) is 42.7 Å². The fourth-order valence-corrected chi connectivity index (χ4v) is 2.41. The van der Waals surface area contributed by atoms with Gasteiger partial charge in [0.25, 0.3) is 5.91 Å². The molecule has 0 bridgehead atoms. The lowest BCUT2D eigenvalue weighted by Gasteiger charge is -2.07. The Kier molecular flexibility index (Phi) is 4.90. The van der Waals surface area contributed by atoms with Gasteiger partial charge in [-0.25, -0.2) is 9.48 Å². The van der Waals surface area contributed by atoms with Crippen molar-refractivity contribution in [3.8, 4) is 5.75 Å². The summed E-state index contributed by atoms with van der Waals surface area (Å²) in [4.78, 5) is 23.5. The zero-order valence-corrected chi connectivity index (χ0v) is 14.3. The van der Waals surface area contributed by atoms with Crippen molar-refractivity contribution >= 4 is 29.2 Å². The summed E-state index contributed by atoms with van der Waals surface area (Å²) in [6.45, 7) is 0.0598. The number of carboxylic acid groups (broad SMARTS) is 1. The van der Waals surface area contributed by atoms with Crippen LogP contribution in [0.2, 0.25) is 5.02 Å². The van der Waals surface area contributed by atoms with E-state index in [-0.39, 0.29) is 23.8 Å². The quantitative estimate of drug-likeness (QED) is 0.683. The lowest BCUT2D eigenvalue weighted by molar-refractivity contribution is 0.0686. The summed E-state index contributed by atoms with van der Waals surface area (Å²) >= 11 is 6.00. The van der Waals surface area contributed by atoms with E-state index in [2.05, 4.69) is 15.5 Å². The molecule has 1 aromatic carbocycles. The van der Waals surface area contributed by atoms with Gasteiger partial charge < -0.3 is 15.2 Å². The number of halogens is 1. The van der Waals surface area contributed by atoms with Crippen LogP contribution >= 0.6 is 11.6 Å². The molecule has 2 heterocycles. The maximum Gasteiger partial charge on any atom is 0.356 e. The average molecular weight is 376 g/mol. The van der Waals surface area contributed by atoms with Crippen molar-refractivity contribution in [2.45, 2.75) is 6.73 Å². The number of rotatable bonds is 6. The lowest BCUT2D eigenvalue weighted by atomic mass is 10.3. The molecule has 1 amide bonds. The second-order valence-electron chi connectivity index (χ2n) is 5.23. The molecule has 0 aliphatic rings. The fraction of sp³-hybridized carbons (Fsp3) is 0.125. The molecule has 0 saturated heterocycles. The van der Waals surface area contributed by atoms with Crippen LogP contribution in [0.25, 0.3) is 0 Å². The zero-order valence-electron chi connectivity index (χ0n) is 13.6. The molecule has 2 N–H and O–H groups in total. The molecule has 10 heteroatoms. The standard InChI is InChI=1S/C16H14ClN5O4/c1-21-14(16(24)25)12(8-18-21)19-15(23)11-6-7-22(20-11)9-26-13-5-3-2-4-10(13)17/h2-8H,9H2,1H3,(H,19,23)(H,24,25). The molecule has 0 radical (unpaired) electrons. The summed E-state index contributed by atoms with van der Waals surface area (Å²) < 4.78 is 8.11. The predicted octanol–water partition coefficient (Wildman–Crippen LogP) is 2.26. The van der Waals surface area contributed by atoms with Gasteiger partial charge in [-0.15, -0.1) is 0 Å². The molecule has 2 aromatic heterocycles. The average Bonchev–Trinajstić information content (AvgIpc) is 3.21. The number of hydrogen-bond donors (Lipinski definition) is 2. The molecule has 0 aliphatic heterocycles. The Morgan fingerprint density at radius 3 is 2.81 bits per heavy atom. The second kappa shape index (κ2) is 7.28. The topological polar surface area (TPSA) is 111 Å². The van der Waals surface area contributed by atoms with Crippen molar-refractivity contribution in [3.63, 3.8) is 0 Å². The zero-order chi connectivity index (χ0) is 18.7.